The SMILES string of the molecule is Clc1ccc2c(c1)oc1cccc(-c3nc(Cl)nc(-c4cccc(-c5ccccc5)c4)n3)c12. The fraction of sp³-hybridized carbons (Fsp3) is 0. The van der Waals surface area contributed by atoms with Gasteiger partial charge < -0.3 is 4.42 Å². The number of aromatic nitrogens is 3. The topological polar surface area (TPSA) is 51.8 Å². The molecule has 0 spiro atoms. The van der Waals surface area contributed by atoms with Gasteiger partial charge in [-0.25, -0.2) is 4.98 Å². The summed E-state index contributed by atoms with van der Waals surface area (Å²) in [4.78, 5) is 13.6. The van der Waals surface area contributed by atoms with Crippen LogP contribution in [-0.4, -0.2) is 15.0 Å². The van der Waals surface area contributed by atoms with Gasteiger partial charge in [0.25, 0.3) is 0 Å². The van der Waals surface area contributed by atoms with Gasteiger partial charge in [0.05, 0.1) is 0 Å². The van der Waals surface area contributed by atoms with Crippen LogP contribution in [0.15, 0.2) is 95.4 Å². The number of halogens is 2. The summed E-state index contributed by atoms with van der Waals surface area (Å²) in [5.41, 5.74) is 5.31. The van der Waals surface area contributed by atoms with E-state index in [2.05, 4.69) is 34.2 Å². The van der Waals surface area contributed by atoms with E-state index in [4.69, 9.17) is 32.6 Å². The Morgan fingerprint density at radius 2 is 1.33 bits per heavy atom. The van der Waals surface area contributed by atoms with Crippen LogP contribution in [0.1, 0.15) is 0 Å². The van der Waals surface area contributed by atoms with Gasteiger partial charge >= 0.3 is 0 Å². The molecule has 0 saturated heterocycles. The minimum absolute atomic E-state index is 0.132. The zero-order valence-electron chi connectivity index (χ0n) is 17.2. The summed E-state index contributed by atoms with van der Waals surface area (Å²) in [5, 5.41) is 2.60. The lowest BCUT2D eigenvalue weighted by Crippen LogP contribution is -1.97. The Kier molecular flexibility index (Phi) is 4.83. The number of benzene rings is 4. The van der Waals surface area contributed by atoms with Crippen LogP contribution in [0, 0.1) is 0 Å². The highest BCUT2D eigenvalue weighted by molar-refractivity contribution is 6.31. The highest BCUT2D eigenvalue weighted by Gasteiger charge is 2.17. The van der Waals surface area contributed by atoms with Crippen molar-refractivity contribution in [2.24, 2.45) is 0 Å². The van der Waals surface area contributed by atoms with E-state index in [0.29, 0.717) is 22.3 Å². The molecule has 0 bridgehead atoms. The van der Waals surface area contributed by atoms with E-state index in [1.165, 1.54) is 0 Å². The first-order chi connectivity index (χ1) is 16.2. The first kappa shape index (κ1) is 19.9. The molecule has 0 aliphatic heterocycles. The molecular weight excluding hydrogens is 453 g/mol. The Morgan fingerprint density at radius 1 is 0.576 bits per heavy atom. The summed E-state index contributed by atoms with van der Waals surface area (Å²) in [7, 11) is 0. The monoisotopic (exact) mass is 467 g/mol. The van der Waals surface area contributed by atoms with E-state index < -0.39 is 0 Å². The van der Waals surface area contributed by atoms with Crippen LogP contribution in [0.3, 0.4) is 0 Å². The van der Waals surface area contributed by atoms with Crippen molar-refractivity contribution in [2.45, 2.75) is 0 Å². The summed E-state index contributed by atoms with van der Waals surface area (Å²) in [6.07, 6.45) is 0. The molecule has 2 heterocycles. The molecule has 0 unspecified atom stereocenters. The lowest BCUT2D eigenvalue weighted by molar-refractivity contribution is 0.669. The van der Waals surface area contributed by atoms with Gasteiger partial charge in [-0.15, -0.1) is 0 Å². The normalized spacial score (nSPS) is 11.3. The first-order valence-corrected chi connectivity index (χ1v) is 11.1. The van der Waals surface area contributed by atoms with Gasteiger partial charge in [0.1, 0.15) is 11.2 Å². The fourth-order valence-electron chi connectivity index (χ4n) is 4.05. The maximum absolute atomic E-state index is 6.37. The largest absolute Gasteiger partial charge is 0.456 e. The van der Waals surface area contributed by atoms with Crippen molar-refractivity contribution in [1.29, 1.82) is 0 Å². The maximum Gasteiger partial charge on any atom is 0.226 e. The third kappa shape index (κ3) is 3.63. The predicted molar refractivity (Wildman–Crippen MR) is 133 cm³/mol. The highest BCUT2D eigenvalue weighted by atomic mass is 35.5. The molecule has 33 heavy (non-hydrogen) atoms. The van der Waals surface area contributed by atoms with Gasteiger partial charge in [0, 0.05) is 33.0 Å². The van der Waals surface area contributed by atoms with E-state index in [9.17, 15) is 0 Å². The molecule has 0 aliphatic rings. The molecule has 0 saturated carbocycles. The summed E-state index contributed by atoms with van der Waals surface area (Å²) >= 11 is 12.5. The average molecular weight is 468 g/mol. The molecule has 0 fully saturated rings. The molecule has 0 N–H and O–H groups in total. The van der Waals surface area contributed by atoms with Crippen molar-refractivity contribution in [3.63, 3.8) is 0 Å². The molecule has 6 rings (SSSR count). The second-order valence-corrected chi connectivity index (χ2v) is 8.39. The number of fused-ring (bicyclic) bond motifs is 3. The van der Waals surface area contributed by atoms with Crippen molar-refractivity contribution in [3.05, 3.63) is 101 Å². The Labute approximate surface area is 199 Å². The predicted octanol–water partition coefficient (Wildman–Crippen LogP) is 8.08. The molecule has 6 heteroatoms. The minimum atomic E-state index is 0.132. The van der Waals surface area contributed by atoms with Gasteiger partial charge in [-0.2, -0.15) is 9.97 Å². The van der Waals surface area contributed by atoms with Crippen LogP contribution in [0.25, 0.3) is 55.8 Å². The smallest absolute Gasteiger partial charge is 0.226 e. The average Bonchev–Trinajstić information content (AvgIpc) is 3.22. The molecule has 158 valence electrons. The number of hydrogen-bond acceptors (Lipinski definition) is 4. The molecule has 4 aromatic carbocycles. The van der Waals surface area contributed by atoms with Crippen molar-refractivity contribution >= 4 is 45.1 Å². The van der Waals surface area contributed by atoms with Crippen LogP contribution in [0.5, 0.6) is 0 Å². The fourth-order valence-corrected chi connectivity index (χ4v) is 4.38. The number of furan rings is 1. The number of nitrogens with zero attached hydrogens (tertiary/aromatic N) is 3. The second-order valence-electron chi connectivity index (χ2n) is 7.62. The van der Waals surface area contributed by atoms with E-state index in [1.807, 2.05) is 66.7 Å². The van der Waals surface area contributed by atoms with Crippen LogP contribution in [0.4, 0.5) is 0 Å². The van der Waals surface area contributed by atoms with E-state index >= 15 is 0 Å². The standard InChI is InChI=1S/C27H15Cl2N3O/c28-19-12-13-20-23(15-19)33-22-11-5-10-21(24(20)22)26-30-25(31-27(29)32-26)18-9-4-8-17(14-18)16-6-2-1-3-7-16/h1-15H. The molecule has 0 atom stereocenters. The Hall–Kier alpha value is -3.73. The van der Waals surface area contributed by atoms with Crippen LogP contribution in [-0.2, 0) is 0 Å². The Balaban J connectivity index is 1.53. The lowest BCUT2D eigenvalue weighted by atomic mass is 10.0. The third-order valence-electron chi connectivity index (χ3n) is 5.54. The van der Waals surface area contributed by atoms with Gasteiger partial charge in [-0.1, -0.05) is 72.3 Å². The van der Waals surface area contributed by atoms with Crippen LogP contribution in [0.2, 0.25) is 10.3 Å². The van der Waals surface area contributed by atoms with Crippen molar-refractivity contribution < 1.29 is 4.42 Å². The highest BCUT2D eigenvalue weighted by Crippen LogP contribution is 2.37. The van der Waals surface area contributed by atoms with E-state index in [-0.39, 0.29) is 5.28 Å². The number of rotatable bonds is 3. The Bertz CT molecular complexity index is 1640. The number of hydrogen-bond donors (Lipinski definition) is 0. The van der Waals surface area contributed by atoms with Crippen LogP contribution >= 0.6 is 23.2 Å². The van der Waals surface area contributed by atoms with Crippen LogP contribution < -0.4 is 0 Å². The summed E-state index contributed by atoms with van der Waals surface area (Å²) in [5.74, 6) is 0.994. The Morgan fingerprint density at radius 3 is 2.21 bits per heavy atom. The zero-order valence-corrected chi connectivity index (χ0v) is 18.7. The second kappa shape index (κ2) is 8.00. The minimum Gasteiger partial charge on any atom is -0.456 e. The van der Waals surface area contributed by atoms with Crippen molar-refractivity contribution in [3.8, 4) is 33.9 Å². The van der Waals surface area contributed by atoms with Gasteiger partial charge in [-0.05, 0) is 47.0 Å². The summed E-state index contributed by atoms with van der Waals surface area (Å²) in [6, 6.07) is 29.6. The van der Waals surface area contributed by atoms with E-state index in [0.717, 1.165) is 38.6 Å². The lowest BCUT2D eigenvalue weighted by Gasteiger charge is -2.08. The van der Waals surface area contributed by atoms with E-state index in [1.54, 1.807) is 0 Å². The van der Waals surface area contributed by atoms with Crippen molar-refractivity contribution in [2.75, 3.05) is 0 Å². The quantitative estimate of drug-likeness (QED) is 0.264. The molecule has 6 aromatic rings. The zero-order chi connectivity index (χ0) is 22.4. The van der Waals surface area contributed by atoms with Gasteiger partial charge in [0.15, 0.2) is 11.6 Å². The van der Waals surface area contributed by atoms with Crippen molar-refractivity contribution in [1.82, 2.24) is 15.0 Å². The summed E-state index contributed by atoms with van der Waals surface area (Å²) in [6.45, 7) is 0. The first-order valence-electron chi connectivity index (χ1n) is 10.3. The van der Waals surface area contributed by atoms with Gasteiger partial charge in [0.2, 0.25) is 5.28 Å². The molecule has 2 aromatic heterocycles. The van der Waals surface area contributed by atoms with Gasteiger partial charge in [-0.3, -0.25) is 0 Å². The molecule has 0 radical (unpaired) electrons. The molecule has 4 nitrogen and oxygen atoms in total. The maximum atomic E-state index is 6.37. The third-order valence-corrected chi connectivity index (χ3v) is 5.94. The molecular formula is C27H15Cl2N3O. The summed E-state index contributed by atoms with van der Waals surface area (Å²) < 4.78 is 6.02. The molecule has 0 aliphatic carbocycles. The molecule has 0 amide bonds.